The molecule has 3 rings (SSSR count). The summed E-state index contributed by atoms with van der Waals surface area (Å²) in [4.78, 5) is 0. The number of halogens is 1. The third-order valence-electron chi connectivity index (χ3n) is 2.73. The van der Waals surface area contributed by atoms with Gasteiger partial charge in [0.1, 0.15) is 0 Å². The average Bonchev–Trinajstić information content (AvgIpc) is 2.76. The number of fused-ring (bicyclic) bond motifs is 1. The smallest absolute Gasteiger partial charge is 0.167 e. The van der Waals surface area contributed by atoms with E-state index in [-0.39, 0.29) is 0 Å². The first-order valence-corrected chi connectivity index (χ1v) is 6.32. The lowest BCUT2D eigenvalue weighted by molar-refractivity contribution is 0.297. The largest absolute Gasteiger partial charge is 0.490 e. The van der Waals surface area contributed by atoms with E-state index in [1.165, 1.54) is 0 Å². The van der Waals surface area contributed by atoms with Crippen LogP contribution in [-0.2, 0) is 5.88 Å². The molecule has 0 atom stereocenters. The zero-order chi connectivity index (χ0) is 12.4. The predicted molar refractivity (Wildman–Crippen MR) is 67.1 cm³/mol. The Morgan fingerprint density at radius 2 is 1.94 bits per heavy atom. The van der Waals surface area contributed by atoms with Gasteiger partial charge in [0.05, 0.1) is 24.8 Å². The minimum atomic E-state index is 0.341. The maximum Gasteiger partial charge on any atom is 0.167 e. The molecule has 94 valence electrons. The van der Waals surface area contributed by atoms with Crippen LogP contribution in [0.25, 0.3) is 11.3 Å². The maximum atomic E-state index is 5.70. The summed E-state index contributed by atoms with van der Waals surface area (Å²) in [5.74, 6) is 2.54. The molecule has 1 aromatic heterocycles. The molecule has 1 aliphatic heterocycles. The highest BCUT2D eigenvalue weighted by Gasteiger charge is 2.13. The molecule has 18 heavy (non-hydrogen) atoms. The third-order valence-corrected chi connectivity index (χ3v) is 3.00. The van der Waals surface area contributed by atoms with Gasteiger partial charge in [0.2, 0.25) is 0 Å². The van der Waals surface area contributed by atoms with Gasteiger partial charge in [0, 0.05) is 18.1 Å². The van der Waals surface area contributed by atoms with Crippen LogP contribution >= 0.6 is 11.6 Å². The number of aromatic nitrogens is 1. The van der Waals surface area contributed by atoms with E-state index in [2.05, 4.69) is 5.16 Å². The lowest BCUT2D eigenvalue weighted by Gasteiger charge is -2.07. The zero-order valence-corrected chi connectivity index (χ0v) is 10.4. The molecule has 0 N–H and O–H groups in total. The summed E-state index contributed by atoms with van der Waals surface area (Å²) in [6.45, 7) is 1.35. The number of ether oxygens (including phenoxy) is 2. The van der Waals surface area contributed by atoms with Gasteiger partial charge in [-0.05, 0) is 18.2 Å². The Balaban J connectivity index is 1.95. The quantitative estimate of drug-likeness (QED) is 0.782. The summed E-state index contributed by atoms with van der Waals surface area (Å²) in [6, 6.07) is 7.54. The van der Waals surface area contributed by atoms with E-state index in [1.54, 1.807) is 0 Å². The van der Waals surface area contributed by atoms with Crippen molar-refractivity contribution < 1.29 is 14.0 Å². The third kappa shape index (κ3) is 2.16. The Morgan fingerprint density at radius 1 is 1.11 bits per heavy atom. The normalized spacial score (nSPS) is 14.3. The molecule has 0 fully saturated rings. The van der Waals surface area contributed by atoms with Gasteiger partial charge in [-0.15, -0.1) is 11.6 Å². The fourth-order valence-electron chi connectivity index (χ4n) is 1.83. The fraction of sp³-hybridized carbons (Fsp3) is 0.308. The number of hydrogen-bond acceptors (Lipinski definition) is 4. The van der Waals surface area contributed by atoms with Gasteiger partial charge in [0.25, 0.3) is 0 Å². The van der Waals surface area contributed by atoms with E-state index in [9.17, 15) is 0 Å². The van der Waals surface area contributed by atoms with Gasteiger partial charge >= 0.3 is 0 Å². The van der Waals surface area contributed by atoms with Crippen molar-refractivity contribution >= 4 is 11.6 Å². The van der Waals surface area contributed by atoms with Crippen molar-refractivity contribution in [3.63, 3.8) is 0 Å². The molecule has 0 spiro atoms. The van der Waals surface area contributed by atoms with Crippen molar-refractivity contribution in [2.24, 2.45) is 0 Å². The van der Waals surface area contributed by atoms with E-state index >= 15 is 0 Å². The van der Waals surface area contributed by atoms with Crippen LogP contribution in [0.1, 0.15) is 12.1 Å². The molecule has 0 radical (unpaired) electrons. The molecule has 2 heterocycles. The summed E-state index contributed by atoms with van der Waals surface area (Å²) < 4.78 is 16.4. The van der Waals surface area contributed by atoms with E-state index in [0.717, 1.165) is 29.2 Å². The van der Waals surface area contributed by atoms with Crippen molar-refractivity contribution in [1.29, 1.82) is 0 Å². The number of alkyl halides is 1. The van der Waals surface area contributed by atoms with Crippen LogP contribution in [0.2, 0.25) is 0 Å². The topological polar surface area (TPSA) is 44.5 Å². The number of rotatable bonds is 2. The lowest BCUT2D eigenvalue weighted by atomic mass is 10.1. The van der Waals surface area contributed by atoms with Gasteiger partial charge in [-0.25, -0.2) is 0 Å². The summed E-state index contributed by atoms with van der Waals surface area (Å²) in [7, 11) is 0. The van der Waals surface area contributed by atoms with E-state index in [0.29, 0.717) is 24.9 Å². The van der Waals surface area contributed by atoms with Crippen LogP contribution < -0.4 is 9.47 Å². The molecule has 1 aromatic carbocycles. The zero-order valence-electron chi connectivity index (χ0n) is 9.69. The van der Waals surface area contributed by atoms with Crippen molar-refractivity contribution in [3.8, 4) is 22.8 Å². The van der Waals surface area contributed by atoms with Gasteiger partial charge in [0.15, 0.2) is 17.3 Å². The number of hydrogen-bond donors (Lipinski definition) is 0. The molecule has 0 aliphatic carbocycles. The Labute approximate surface area is 109 Å². The lowest BCUT2D eigenvalue weighted by Crippen LogP contribution is -1.97. The highest BCUT2D eigenvalue weighted by Crippen LogP contribution is 2.34. The van der Waals surface area contributed by atoms with Crippen LogP contribution in [0.5, 0.6) is 11.5 Å². The van der Waals surface area contributed by atoms with Gasteiger partial charge in [-0.2, -0.15) is 0 Å². The standard InChI is InChI=1S/C13H12ClNO3/c14-8-10-7-12(18-15-10)9-2-3-11-13(6-9)17-5-1-4-16-11/h2-3,6-7H,1,4-5,8H2. The monoisotopic (exact) mass is 265 g/mol. The summed E-state index contributed by atoms with van der Waals surface area (Å²) in [5.41, 5.74) is 1.63. The number of nitrogens with zero attached hydrogens (tertiary/aromatic N) is 1. The Hall–Kier alpha value is -1.68. The summed E-state index contributed by atoms with van der Waals surface area (Å²) in [6.07, 6.45) is 0.892. The van der Waals surface area contributed by atoms with Crippen LogP contribution in [0.15, 0.2) is 28.8 Å². The molecular formula is C13H12ClNO3. The van der Waals surface area contributed by atoms with Crippen molar-refractivity contribution in [2.45, 2.75) is 12.3 Å². The molecule has 1 aliphatic rings. The molecule has 0 unspecified atom stereocenters. The minimum absolute atomic E-state index is 0.341. The van der Waals surface area contributed by atoms with Crippen LogP contribution in [0.4, 0.5) is 0 Å². The molecule has 2 aromatic rings. The van der Waals surface area contributed by atoms with Crippen LogP contribution in [0.3, 0.4) is 0 Å². The van der Waals surface area contributed by atoms with E-state index in [1.807, 2.05) is 24.3 Å². The molecule has 0 saturated heterocycles. The highest BCUT2D eigenvalue weighted by atomic mass is 35.5. The number of benzene rings is 1. The second-order valence-corrected chi connectivity index (χ2v) is 4.30. The molecule has 4 nitrogen and oxygen atoms in total. The fourth-order valence-corrected chi connectivity index (χ4v) is 1.95. The predicted octanol–water partition coefficient (Wildman–Crippen LogP) is 3.24. The second kappa shape index (κ2) is 4.90. The van der Waals surface area contributed by atoms with Crippen LogP contribution in [0, 0.1) is 0 Å². The van der Waals surface area contributed by atoms with Gasteiger partial charge in [-0.3, -0.25) is 0 Å². The summed E-state index contributed by atoms with van der Waals surface area (Å²) in [5, 5.41) is 3.86. The Bertz CT molecular complexity index is 553. The minimum Gasteiger partial charge on any atom is -0.490 e. The molecule has 0 bridgehead atoms. The molecule has 0 saturated carbocycles. The average molecular weight is 266 g/mol. The van der Waals surface area contributed by atoms with Crippen molar-refractivity contribution in [2.75, 3.05) is 13.2 Å². The second-order valence-electron chi connectivity index (χ2n) is 4.03. The Morgan fingerprint density at radius 3 is 2.72 bits per heavy atom. The molecule has 5 heteroatoms. The first-order chi connectivity index (χ1) is 8.86. The van der Waals surface area contributed by atoms with Crippen molar-refractivity contribution in [3.05, 3.63) is 30.0 Å². The Kier molecular flexibility index (Phi) is 3.11. The van der Waals surface area contributed by atoms with E-state index in [4.69, 9.17) is 25.6 Å². The first-order valence-electron chi connectivity index (χ1n) is 5.78. The maximum absolute atomic E-state index is 5.70. The summed E-state index contributed by atoms with van der Waals surface area (Å²) >= 11 is 5.70. The highest BCUT2D eigenvalue weighted by molar-refractivity contribution is 6.16. The SMILES string of the molecule is ClCc1cc(-c2ccc3c(c2)OCCCO3)on1. The van der Waals surface area contributed by atoms with Crippen molar-refractivity contribution in [1.82, 2.24) is 5.16 Å². The first kappa shape index (κ1) is 11.4. The molecule has 0 amide bonds. The van der Waals surface area contributed by atoms with Gasteiger partial charge < -0.3 is 14.0 Å². The van der Waals surface area contributed by atoms with Crippen LogP contribution in [-0.4, -0.2) is 18.4 Å². The molecular weight excluding hydrogens is 254 g/mol. The van der Waals surface area contributed by atoms with Gasteiger partial charge in [-0.1, -0.05) is 5.16 Å². The van der Waals surface area contributed by atoms with E-state index < -0.39 is 0 Å².